The van der Waals surface area contributed by atoms with Crippen molar-refractivity contribution >= 4 is 17.6 Å². The van der Waals surface area contributed by atoms with E-state index in [-0.39, 0.29) is 17.4 Å². The number of hydrogen-bond acceptors (Lipinski definition) is 3. The van der Waals surface area contributed by atoms with Gasteiger partial charge in [0.1, 0.15) is 17.7 Å². The standard InChI is InChI=1S/C25H26F2N2O3/c26-19-9-10-21(27)20(16-19)24(31)18-11-14-28(15-12-18)25(32)23(17-6-2-1-3-7-17)29-13-5-4-8-22(29)30/h1-3,6-7,9-10,16,18,23H,4-5,8,11-15H2. The molecule has 2 aliphatic heterocycles. The molecule has 4 rings (SSSR count). The molecule has 0 spiro atoms. The molecule has 7 heteroatoms. The Kier molecular flexibility index (Phi) is 6.63. The third-order valence-electron chi connectivity index (χ3n) is 6.39. The maximum Gasteiger partial charge on any atom is 0.250 e. The van der Waals surface area contributed by atoms with Crippen molar-refractivity contribution in [2.45, 2.75) is 38.1 Å². The van der Waals surface area contributed by atoms with Gasteiger partial charge in [0.15, 0.2) is 5.78 Å². The number of carbonyl (C=O) groups excluding carboxylic acids is 3. The van der Waals surface area contributed by atoms with Gasteiger partial charge in [-0.1, -0.05) is 30.3 Å². The minimum Gasteiger partial charge on any atom is -0.341 e. The highest BCUT2D eigenvalue weighted by molar-refractivity contribution is 5.98. The number of ketones is 1. The Bertz CT molecular complexity index is 1000. The molecule has 1 atom stereocenters. The molecule has 1 unspecified atom stereocenters. The molecule has 0 bridgehead atoms. The fourth-order valence-electron chi connectivity index (χ4n) is 4.63. The lowest BCUT2D eigenvalue weighted by Crippen LogP contribution is -2.49. The molecule has 2 amide bonds. The van der Waals surface area contributed by atoms with Gasteiger partial charge in [0, 0.05) is 32.0 Å². The number of halogens is 2. The number of carbonyl (C=O) groups is 3. The number of piperidine rings is 2. The first kappa shape index (κ1) is 22.1. The minimum absolute atomic E-state index is 0.0231. The molecular weight excluding hydrogens is 414 g/mol. The number of benzene rings is 2. The van der Waals surface area contributed by atoms with E-state index in [1.807, 2.05) is 30.3 Å². The molecule has 0 N–H and O–H groups in total. The van der Waals surface area contributed by atoms with E-state index in [4.69, 9.17) is 0 Å². The second-order valence-electron chi connectivity index (χ2n) is 8.45. The molecule has 168 valence electrons. The van der Waals surface area contributed by atoms with Crippen LogP contribution in [0, 0.1) is 17.6 Å². The van der Waals surface area contributed by atoms with Crippen LogP contribution in [0.15, 0.2) is 48.5 Å². The number of amides is 2. The lowest BCUT2D eigenvalue weighted by molar-refractivity contribution is -0.148. The molecule has 32 heavy (non-hydrogen) atoms. The van der Waals surface area contributed by atoms with Crippen molar-refractivity contribution in [3.05, 3.63) is 71.3 Å². The van der Waals surface area contributed by atoms with Crippen LogP contribution in [-0.4, -0.2) is 47.0 Å². The predicted octanol–water partition coefficient (Wildman–Crippen LogP) is 4.14. The van der Waals surface area contributed by atoms with Crippen LogP contribution in [0.4, 0.5) is 8.78 Å². The van der Waals surface area contributed by atoms with Crippen molar-refractivity contribution in [2.75, 3.05) is 19.6 Å². The number of rotatable bonds is 5. The van der Waals surface area contributed by atoms with Crippen LogP contribution in [0.2, 0.25) is 0 Å². The predicted molar refractivity (Wildman–Crippen MR) is 115 cm³/mol. The van der Waals surface area contributed by atoms with Gasteiger partial charge in [-0.25, -0.2) is 8.78 Å². The van der Waals surface area contributed by atoms with Crippen LogP contribution >= 0.6 is 0 Å². The second-order valence-corrected chi connectivity index (χ2v) is 8.45. The van der Waals surface area contributed by atoms with E-state index in [2.05, 4.69) is 0 Å². The van der Waals surface area contributed by atoms with E-state index >= 15 is 0 Å². The van der Waals surface area contributed by atoms with Crippen molar-refractivity contribution < 1.29 is 23.2 Å². The van der Waals surface area contributed by atoms with Crippen molar-refractivity contribution in [1.82, 2.24) is 9.80 Å². The zero-order valence-electron chi connectivity index (χ0n) is 17.8. The zero-order valence-corrected chi connectivity index (χ0v) is 17.8. The Hall–Kier alpha value is -3.09. The smallest absolute Gasteiger partial charge is 0.250 e. The molecule has 5 nitrogen and oxygen atoms in total. The Labute approximate surface area is 186 Å². The summed E-state index contributed by atoms with van der Waals surface area (Å²) in [7, 11) is 0. The van der Waals surface area contributed by atoms with E-state index in [9.17, 15) is 23.2 Å². The molecule has 0 aromatic heterocycles. The number of likely N-dealkylation sites (tertiary alicyclic amines) is 2. The third-order valence-corrected chi connectivity index (χ3v) is 6.39. The summed E-state index contributed by atoms with van der Waals surface area (Å²) in [5.74, 6) is -2.47. The van der Waals surface area contributed by atoms with Crippen LogP contribution in [0.5, 0.6) is 0 Å². The van der Waals surface area contributed by atoms with Gasteiger partial charge < -0.3 is 9.80 Å². The summed E-state index contributed by atoms with van der Waals surface area (Å²) in [6.45, 7) is 1.20. The van der Waals surface area contributed by atoms with Crippen LogP contribution in [0.3, 0.4) is 0 Å². The van der Waals surface area contributed by atoms with Gasteiger partial charge in [-0.15, -0.1) is 0 Å². The van der Waals surface area contributed by atoms with Gasteiger partial charge in [0.2, 0.25) is 11.8 Å². The van der Waals surface area contributed by atoms with Gasteiger partial charge in [-0.2, -0.15) is 0 Å². The lowest BCUT2D eigenvalue weighted by atomic mass is 9.88. The van der Waals surface area contributed by atoms with Crippen molar-refractivity contribution in [3.63, 3.8) is 0 Å². The first-order chi connectivity index (χ1) is 15.5. The molecule has 0 aliphatic carbocycles. The average molecular weight is 440 g/mol. The molecule has 2 aromatic rings. The van der Waals surface area contributed by atoms with E-state index < -0.39 is 29.4 Å². The van der Waals surface area contributed by atoms with Crippen LogP contribution in [0.25, 0.3) is 0 Å². The number of hydrogen-bond donors (Lipinski definition) is 0. The summed E-state index contributed by atoms with van der Waals surface area (Å²) in [6, 6.07) is 11.5. The van der Waals surface area contributed by atoms with Crippen LogP contribution in [0.1, 0.15) is 54.1 Å². The fraction of sp³-hybridized carbons (Fsp3) is 0.400. The van der Waals surface area contributed by atoms with Crippen LogP contribution in [-0.2, 0) is 9.59 Å². The third kappa shape index (κ3) is 4.56. The quantitative estimate of drug-likeness (QED) is 0.657. The Morgan fingerprint density at radius 2 is 1.66 bits per heavy atom. The SMILES string of the molecule is O=C(c1cc(F)ccc1F)C1CCN(C(=O)C(c2ccccc2)N2CCCCC2=O)CC1. The Morgan fingerprint density at radius 3 is 2.34 bits per heavy atom. The van der Waals surface area contributed by atoms with Gasteiger partial charge in [0.05, 0.1) is 5.56 Å². The summed E-state index contributed by atoms with van der Waals surface area (Å²) in [4.78, 5) is 42.2. The molecule has 2 heterocycles. The zero-order chi connectivity index (χ0) is 22.7. The molecule has 2 aromatic carbocycles. The van der Waals surface area contributed by atoms with E-state index in [1.54, 1.807) is 9.80 Å². The van der Waals surface area contributed by atoms with Gasteiger partial charge in [0.25, 0.3) is 0 Å². The molecule has 0 radical (unpaired) electrons. The van der Waals surface area contributed by atoms with Gasteiger partial charge >= 0.3 is 0 Å². The summed E-state index contributed by atoms with van der Waals surface area (Å²) >= 11 is 0. The summed E-state index contributed by atoms with van der Waals surface area (Å²) < 4.78 is 27.5. The van der Waals surface area contributed by atoms with E-state index in [0.29, 0.717) is 38.9 Å². The number of nitrogens with zero attached hydrogens (tertiary/aromatic N) is 2. The monoisotopic (exact) mass is 440 g/mol. The highest BCUT2D eigenvalue weighted by Crippen LogP contribution is 2.30. The Balaban J connectivity index is 1.48. The molecule has 2 saturated heterocycles. The van der Waals surface area contributed by atoms with E-state index in [1.165, 1.54) is 0 Å². The van der Waals surface area contributed by atoms with Gasteiger partial charge in [-0.3, -0.25) is 14.4 Å². The van der Waals surface area contributed by atoms with Crippen LogP contribution < -0.4 is 0 Å². The maximum atomic E-state index is 14.0. The van der Waals surface area contributed by atoms with Crippen molar-refractivity contribution in [1.29, 1.82) is 0 Å². The summed E-state index contributed by atoms with van der Waals surface area (Å²) in [5.41, 5.74) is 0.531. The first-order valence-corrected chi connectivity index (χ1v) is 11.1. The van der Waals surface area contributed by atoms with Crippen molar-refractivity contribution in [3.8, 4) is 0 Å². The normalized spacial score (nSPS) is 18.5. The number of Topliss-reactive ketones (excluding diaryl/α,β-unsaturated/α-hetero) is 1. The topological polar surface area (TPSA) is 57.7 Å². The molecule has 2 aliphatic rings. The maximum absolute atomic E-state index is 14.0. The summed E-state index contributed by atoms with van der Waals surface area (Å²) in [5, 5.41) is 0. The molecule has 0 saturated carbocycles. The fourth-order valence-corrected chi connectivity index (χ4v) is 4.63. The first-order valence-electron chi connectivity index (χ1n) is 11.1. The van der Waals surface area contributed by atoms with Gasteiger partial charge in [-0.05, 0) is 49.4 Å². The second kappa shape index (κ2) is 9.59. The lowest BCUT2D eigenvalue weighted by Gasteiger charge is -2.39. The highest BCUT2D eigenvalue weighted by atomic mass is 19.1. The van der Waals surface area contributed by atoms with Crippen molar-refractivity contribution in [2.24, 2.45) is 5.92 Å². The molecule has 2 fully saturated rings. The minimum atomic E-state index is -0.734. The largest absolute Gasteiger partial charge is 0.341 e. The van der Waals surface area contributed by atoms with E-state index in [0.717, 1.165) is 36.6 Å². The Morgan fingerprint density at radius 1 is 0.938 bits per heavy atom. The molecular formula is C25H26F2N2O3. The summed E-state index contributed by atoms with van der Waals surface area (Å²) in [6.07, 6.45) is 2.87. The highest BCUT2D eigenvalue weighted by Gasteiger charge is 2.37. The average Bonchev–Trinajstić information content (AvgIpc) is 2.82.